The van der Waals surface area contributed by atoms with Crippen molar-refractivity contribution in [2.75, 3.05) is 34.4 Å². The molecular weight excluding hydrogens is 403 g/mol. The molecule has 4 rings (SSSR count). The Kier molecular flexibility index (Phi) is 4.99. The van der Waals surface area contributed by atoms with Gasteiger partial charge in [-0.1, -0.05) is 23.2 Å². The topological polar surface area (TPSA) is 113 Å². The van der Waals surface area contributed by atoms with Gasteiger partial charge < -0.3 is 21.3 Å². The summed E-state index contributed by atoms with van der Waals surface area (Å²) in [6.07, 6.45) is 2.06. The summed E-state index contributed by atoms with van der Waals surface area (Å²) in [7, 11) is 0. The van der Waals surface area contributed by atoms with Crippen LogP contribution in [0.25, 0.3) is 0 Å². The van der Waals surface area contributed by atoms with Crippen molar-refractivity contribution in [3.05, 3.63) is 33.8 Å². The van der Waals surface area contributed by atoms with Crippen LogP contribution in [0.4, 0.5) is 23.3 Å². The number of amides is 2. The van der Waals surface area contributed by atoms with Gasteiger partial charge in [-0.25, -0.2) is 0 Å². The van der Waals surface area contributed by atoms with Crippen molar-refractivity contribution < 1.29 is 9.59 Å². The Morgan fingerprint density at radius 1 is 1.18 bits per heavy atom. The van der Waals surface area contributed by atoms with Crippen LogP contribution < -0.4 is 21.3 Å². The highest BCUT2D eigenvalue weighted by molar-refractivity contribution is 6.35. The zero-order valence-electron chi connectivity index (χ0n) is 14.8. The second-order valence-corrected chi connectivity index (χ2v) is 7.69. The molecule has 3 heterocycles. The highest BCUT2D eigenvalue weighted by atomic mass is 35.5. The van der Waals surface area contributed by atoms with Crippen molar-refractivity contribution in [3.8, 4) is 0 Å². The highest BCUT2D eigenvalue weighted by Crippen LogP contribution is 2.37. The highest BCUT2D eigenvalue weighted by Gasteiger charge is 2.35. The molecule has 2 amide bonds. The van der Waals surface area contributed by atoms with Gasteiger partial charge in [-0.15, -0.1) is 0 Å². The lowest BCUT2D eigenvalue weighted by molar-refractivity contribution is -0.123. The average Bonchev–Trinajstić information content (AvgIpc) is 3.14. The number of carbonyl (C=O) groups excluding carboxylic acids is 2. The maximum Gasteiger partial charge on any atom is 0.232 e. The number of nitrogens with zero attached hydrogens (tertiary/aromatic N) is 3. The van der Waals surface area contributed by atoms with Gasteiger partial charge >= 0.3 is 0 Å². The van der Waals surface area contributed by atoms with Crippen LogP contribution in [0.15, 0.2) is 18.2 Å². The van der Waals surface area contributed by atoms with Crippen molar-refractivity contribution >= 4 is 58.3 Å². The predicted molar refractivity (Wildman–Crippen MR) is 109 cm³/mol. The molecule has 1 aromatic carbocycles. The van der Waals surface area contributed by atoms with Crippen LogP contribution in [0.3, 0.4) is 0 Å². The van der Waals surface area contributed by atoms with Crippen molar-refractivity contribution in [2.24, 2.45) is 0 Å². The minimum atomic E-state index is -0.811. The molecule has 0 radical (unpaired) electrons. The van der Waals surface area contributed by atoms with Gasteiger partial charge in [-0.2, -0.15) is 9.97 Å². The number of rotatable bonds is 3. The fraction of sp³-hybridized carbons (Fsp3) is 0.333. The van der Waals surface area contributed by atoms with Gasteiger partial charge in [0.15, 0.2) is 0 Å². The number of benzene rings is 1. The third kappa shape index (κ3) is 3.70. The Morgan fingerprint density at radius 3 is 2.54 bits per heavy atom. The zero-order chi connectivity index (χ0) is 19.8. The second kappa shape index (κ2) is 7.44. The molecule has 146 valence electrons. The van der Waals surface area contributed by atoms with Gasteiger partial charge in [0.2, 0.25) is 17.8 Å². The van der Waals surface area contributed by atoms with Crippen LogP contribution in [0.2, 0.25) is 10.0 Å². The zero-order valence-corrected chi connectivity index (χ0v) is 16.3. The summed E-state index contributed by atoms with van der Waals surface area (Å²) in [5, 5.41) is 6.24. The van der Waals surface area contributed by atoms with E-state index in [-0.39, 0.29) is 24.0 Å². The summed E-state index contributed by atoms with van der Waals surface area (Å²) in [5.41, 5.74) is 7.03. The molecule has 0 spiro atoms. The lowest BCUT2D eigenvalue weighted by atomic mass is 9.92. The van der Waals surface area contributed by atoms with E-state index in [1.165, 1.54) is 0 Å². The standard InChI is InChI=1S/C18H18Cl2N6O2/c19-9-5-10(20)7-11(6-9)22-17(28)12-8-13(27)23-16-14(12)15(21)24-18(25-16)26-3-1-2-4-26/h5-7,12H,1-4,8H2,(H,22,28)(H3,21,23,24,25,27)/t12-/m0/s1. The Bertz CT molecular complexity index is 941. The van der Waals surface area contributed by atoms with E-state index in [1.807, 2.05) is 4.90 Å². The van der Waals surface area contributed by atoms with E-state index in [0.29, 0.717) is 27.2 Å². The van der Waals surface area contributed by atoms with Crippen LogP contribution in [-0.2, 0) is 9.59 Å². The van der Waals surface area contributed by atoms with Crippen molar-refractivity contribution in [3.63, 3.8) is 0 Å². The molecule has 0 unspecified atom stereocenters. The Labute approximate surface area is 171 Å². The van der Waals surface area contributed by atoms with E-state index in [1.54, 1.807) is 18.2 Å². The fourth-order valence-electron chi connectivity index (χ4n) is 3.52. The summed E-state index contributed by atoms with van der Waals surface area (Å²) in [5.74, 6) is -0.571. The molecule has 28 heavy (non-hydrogen) atoms. The summed E-state index contributed by atoms with van der Waals surface area (Å²) in [6.45, 7) is 1.68. The molecule has 0 aliphatic carbocycles. The van der Waals surface area contributed by atoms with Gasteiger partial charge in [0, 0.05) is 35.2 Å². The first-order chi connectivity index (χ1) is 13.4. The molecule has 1 fully saturated rings. The first-order valence-electron chi connectivity index (χ1n) is 8.90. The van der Waals surface area contributed by atoms with Gasteiger partial charge in [0.1, 0.15) is 11.6 Å². The van der Waals surface area contributed by atoms with Crippen LogP contribution in [0.5, 0.6) is 0 Å². The molecule has 4 N–H and O–H groups in total. The lowest BCUT2D eigenvalue weighted by Crippen LogP contribution is -2.33. The molecule has 0 bridgehead atoms. The maximum atomic E-state index is 12.9. The van der Waals surface area contributed by atoms with Crippen molar-refractivity contribution in [1.82, 2.24) is 9.97 Å². The molecule has 1 atom stereocenters. The molecule has 2 aliphatic heterocycles. The third-order valence-corrected chi connectivity index (χ3v) is 5.23. The fourth-order valence-corrected chi connectivity index (χ4v) is 4.05. The van der Waals surface area contributed by atoms with Gasteiger partial charge in [-0.05, 0) is 31.0 Å². The first-order valence-corrected chi connectivity index (χ1v) is 9.65. The number of nitrogens with one attached hydrogen (secondary N) is 2. The molecule has 8 nitrogen and oxygen atoms in total. The number of fused-ring (bicyclic) bond motifs is 1. The molecule has 2 aromatic rings. The number of halogens is 2. The van der Waals surface area contributed by atoms with E-state index < -0.39 is 11.8 Å². The van der Waals surface area contributed by atoms with Crippen LogP contribution >= 0.6 is 23.2 Å². The lowest BCUT2D eigenvalue weighted by Gasteiger charge is -2.26. The van der Waals surface area contributed by atoms with E-state index in [2.05, 4.69) is 20.6 Å². The number of anilines is 4. The molecule has 1 saturated heterocycles. The largest absolute Gasteiger partial charge is 0.383 e. The number of nitrogens with two attached hydrogens (primary N) is 1. The van der Waals surface area contributed by atoms with Crippen LogP contribution in [0.1, 0.15) is 30.7 Å². The summed E-state index contributed by atoms with van der Waals surface area (Å²) in [6, 6.07) is 4.71. The number of carbonyl (C=O) groups is 2. The molecule has 2 aliphatic rings. The van der Waals surface area contributed by atoms with E-state index in [0.717, 1.165) is 25.9 Å². The normalized spacial score (nSPS) is 18.6. The average molecular weight is 421 g/mol. The predicted octanol–water partition coefficient (Wildman–Crippen LogP) is 3.03. The van der Waals surface area contributed by atoms with E-state index >= 15 is 0 Å². The second-order valence-electron chi connectivity index (χ2n) is 6.82. The Balaban J connectivity index is 1.65. The van der Waals surface area contributed by atoms with E-state index in [9.17, 15) is 9.59 Å². The number of aromatic nitrogens is 2. The Morgan fingerprint density at radius 2 is 1.86 bits per heavy atom. The SMILES string of the molecule is Nc1nc(N2CCCC2)nc2c1[C@@H](C(=O)Nc1cc(Cl)cc(Cl)c1)CC(=O)N2. The Hall–Kier alpha value is -2.58. The minimum Gasteiger partial charge on any atom is -0.383 e. The molecular formula is C18H18Cl2N6O2. The summed E-state index contributed by atoms with van der Waals surface area (Å²) >= 11 is 12.0. The van der Waals surface area contributed by atoms with Crippen LogP contribution in [-0.4, -0.2) is 34.9 Å². The number of nitrogen functional groups attached to an aromatic ring is 1. The maximum absolute atomic E-state index is 12.9. The summed E-state index contributed by atoms with van der Waals surface area (Å²) < 4.78 is 0. The molecule has 1 aromatic heterocycles. The van der Waals surface area contributed by atoms with Crippen molar-refractivity contribution in [1.29, 1.82) is 0 Å². The van der Waals surface area contributed by atoms with Crippen LogP contribution in [0, 0.1) is 0 Å². The minimum absolute atomic E-state index is 0.0518. The summed E-state index contributed by atoms with van der Waals surface area (Å²) in [4.78, 5) is 35.9. The number of hydrogen-bond acceptors (Lipinski definition) is 6. The van der Waals surface area contributed by atoms with Gasteiger partial charge in [0.25, 0.3) is 0 Å². The first kappa shape index (κ1) is 18.8. The number of hydrogen-bond donors (Lipinski definition) is 3. The van der Waals surface area contributed by atoms with E-state index in [4.69, 9.17) is 28.9 Å². The quantitative estimate of drug-likeness (QED) is 0.702. The van der Waals surface area contributed by atoms with Crippen molar-refractivity contribution in [2.45, 2.75) is 25.2 Å². The molecule has 10 heteroatoms. The monoisotopic (exact) mass is 420 g/mol. The van der Waals surface area contributed by atoms with Gasteiger partial charge in [-0.3, -0.25) is 9.59 Å². The molecule has 0 saturated carbocycles. The van der Waals surface area contributed by atoms with Gasteiger partial charge in [0.05, 0.1) is 11.5 Å². The smallest absolute Gasteiger partial charge is 0.232 e. The third-order valence-electron chi connectivity index (χ3n) is 4.79.